The second kappa shape index (κ2) is 6.57. The third-order valence-corrected chi connectivity index (χ3v) is 6.23. The van der Waals surface area contributed by atoms with Crippen molar-refractivity contribution in [3.8, 4) is 23.0 Å². The molecule has 0 radical (unpaired) electrons. The van der Waals surface area contributed by atoms with Gasteiger partial charge in [0.1, 0.15) is 6.10 Å². The van der Waals surface area contributed by atoms with E-state index >= 15 is 0 Å². The van der Waals surface area contributed by atoms with Crippen LogP contribution in [0.15, 0.2) is 18.2 Å². The SMILES string of the molecule is COc1ccc2c(c1OC)COC2C1c2c(cc3c(c2C)OCO3)CCN1C. The maximum absolute atomic E-state index is 6.36. The number of methoxy groups -OCH3 is 2. The number of likely N-dealkylation sites (N-methyl/N-ethyl adjacent to an activating group) is 1. The molecule has 0 bridgehead atoms. The van der Waals surface area contributed by atoms with Crippen LogP contribution in [-0.2, 0) is 17.8 Å². The molecular formula is C22H25NO5. The minimum atomic E-state index is -0.0714. The monoisotopic (exact) mass is 383 g/mol. The van der Waals surface area contributed by atoms with E-state index in [1.165, 1.54) is 16.7 Å². The van der Waals surface area contributed by atoms with E-state index in [-0.39, 0.29) is 12.1 Å². The van der Waals surface area contributed by atoms with E-state index in [4.69, 9.17) is 23.7 Å². The van der Waals surface area contributed by atoms with E-state index in [1.54, 1.807) is 14.2 Å². The summed E-state index contributed by atoms with van der Waals surface area (Å²) in [6, 6.07) is 6.33. The van der Waals surface area contributed by atoms with Gasteiger partial charge in [-0.05, 0) is 49.2 Å². The molecule has 0 saturated carbocycles. The normalized spacial score (nSPS) is 22.7. The van der Waals surface area contributed by atoms with Crippen molar-refractivity contribution in [3.63, 3.8) is 0 Å². The Morgan fingerprint density at radius 3 is 2.79 bits per heavy atom. The first-order chi connectivity index (χ1) is 13.6. The minimum absolute atomic E-state index is 0.0714. The molecule has 2 aromatic rings. The average Bonchev–Trinajstić information content (AvgIpc) is 3.34. The van der Waals surface area contributed by atoms with Gasteiger partial charge in [-0.25, -0.2) is 0 Å². The van der Waals surface area contributed by atoms with Crippen molar-refractivity contribution < 1.29 is 23.7 Å². The number of fused-ring (bicyclic) bond motifs is 3. The zero-order valence-corrected chi connectivity index (χ0v) is 16.7. The fraction of sp³-hybridized carbons (Fsp3) is 0.455. The van der Waals surface area contributed by atoms with Gasteiger partial charge in [-0.3, -0.25) is 4.90 Å². The van der Waals surface area contributed by atoms with E-state index in [2.05, 4.69) is 31.0 Å². The highest BCUT2D eigenvalue weighted by Crippen LogP contribution is 2.52. The smallest absolute Gasteiger partial charge is 0.231 e. The highest BCUT2D eigenvalue weighted by atomic mass is 16.7. The fourth-order valence-electron chi connectivity index (χ4n) is 4.89. The maximum atomic E-state index is 6.36. The largest absolute Gasteiger partial charge is 0.493 e. The van der Waals surface area contributed by atoms with Crippen LogP contribution in [0.5, 0.6) is 23.0 Å². The first-order valence-corrected chi connectivity index (χ1v) is 9.61. The van der Waals surface area contributed by atoms with Crippen LogP contribution < -0.4 is 18.9 Å². The highest BCUT2D eigenvalue weighted by Gasteiger charge is 2.41. The molecule has 148 valence electrons. The van der Waals surface area contributed by atoms with Crippen LogP contribution in [0.25, 0.3) is 0 Å². The molecular weight excluding hydrogens is 358 g/mol. The summed E-state index contributed by atoms with van der Waals surface area (Å²) < 4.78 is 28.9. The molecule has 6 heteroatoms. The van der Waals surface area contributed by atoms with Gasteiger partial charge < -0.3 is 23.7 Å². The molecule has 0 amide bonds. The molecule has 0 N–H and O–H groups in total. The van der Waals surface area contributed by atoms with Gasteiger partial charge in [-0.15, -0.1) is 0 Å². The molecule has 2 unspecified atom stereocenters. The zero-order chi connectivity index (χ0) is 19.4. The summed E-state index contributed by atoms with van der Waals surface area (Å²) in [5.74, 6) is 3.23. The predicted molar refractivity (Wildman–Crippen MR) is 103 cm³/mol. The first-order valence-electron chi connectivity index (χ1n) is 9.61. The summed E-state index contributed by atoms with van der Waals surface area (Å²) in [5, 5.41) is 0. The van der Waals surface area contributed by atoms with Crippen molar-refractivity contribution in [2.24, 2.45) is 0 Å². The van der Waals surface area contributed by atoms with Crippen LogP contribution in [0.1, 0.15) is 40.0 Å². The van der Waals surface area contributed by atoms with Gasteiger partial charge in [-0.1, -0.05) is 6.07 Å². The second-order valence-corrected chi connectivity index (χ2v) is 7.58. The number of rotatable bonds is 3. The zero-order valence-electron chi connectivity index (χ0n) is 16.7. The molecule has 3 heterocycles. The third-order valence-electron chi connectivity index (χ3n) is 6.23. The number of nitrogens with zero attached hydrogens (tertiary/aromatic N) is 1. The van der Waals surface area contributed by atoms with Gasteiger partial charge in [0, 0.05) is 17.7 Å². The molecule has 3 aliphatic heterocycles. The van der Waals surface area contributed by atoms with E-state index in [9.17, 15) is 0 Å². The van der Waals surface area contributed by atoms with Crippen molar-refractivity contribution in [2.45, 2.75) is 32.1 Å². The minimum Gasteiger partial charge on any atom is -0.493 e. The first kappa shape index (κ1) is 17.6. The highest BCUT2D eigenvalue weighted by molar-refractivity contribution is 5.58. The Kier molecular flexibility index (Phi) is 4.14. The number of benzene rings is 2. The summed E-state index contributed by atoms with van der Waals surface area (Å²) in [5.41, 5.74) is 6.01. The van der Waals surface area contributed by atoms with E-state index in [1.807, 2.05) is 6.07 Å². The second-order valence-electron chi connectivity index (χ2n) is 7.58. The Balaban J connectivity index is 1.63. The Labute approximate surface area is 164 Å². The summed E-state index contributed by atoms with van der Waals surface area (Å²) in [6.45, 7) is 3.91. The Bertz CT molecular complexity index is 941. The Hall–Kier alpha value is -2.44. The molecule has 3 aliphatic rings. The lowest BCUT2D eigenvalue weighted by Gasteiger charge is -2.39. The standard InChI is InChI=1S/C22H25NO5/c1-12-18-13(9-17-20(12)28-11-27-17)7-8-23(2)19(18)22-14-5-6-16(24-3)21(25-4)15(14)10-26-22/h5-6,9,19,22H,7-8,10-11H2,1-4H3. The Morgan fingerprint density at radius 2 is 2.00 bits per heavy atom. The molecule has 28 heavy (non-hydrogen) atoms. The molecule has 0 saturated heterocycles. The molecule has 0 aliphatic carbocycles. The molecule has 0 fully saturated rings. The summed E-state index contributed by atoms with van der Waals surface area (Å²) in [7, 11) is 5.51. The maximum Gasteiger partial charge on any atom is 0.231 e. The number of hydrogen-bond acceptors (Lipinski definition) is 6. The van der Waals surface area contributed by atoms with Crippen LogP contribution in [0, 0.1) is 6.92 Å². The van der Waals surface area contributed by atoms with Crippen LogP contribution in [0.4, 0.5) is 0 Å². The van der Waals surface area contributed by atoms with Crippen molar-refractivity contribution in [2.75, 3.05) is 34.6 Å². The lowest BCUT2D eigenvalue weighted by atomic mass is 9.83. The fourth-order valence-corrected chi connectivity index (χ4v) is 4.89. The van der Waals surface area contributed by atoms with Crippen molar-refractivity contribution in [3.05, 3.63) is 46.0 Å². The van der Waals surface area contributed by atoms with Crippen molar-refractivity contribution in [1.82, 2.24) is 4.90 Å². The van der Waals surface area contributed by atoms with Crippen molar-refractivity contribution in [1.29, 1.82) is 0 Å². The van der Waals surface area contributed by atoms with Gasteiger partial charge in [0.2, 0.25) is 6.79 Å². The van der Waals surface area contributed by atoms with Crippen LogP contribution >= 0.6 is 0 Å². The van der Waals surface area contributed by atoms with Crippen LogP contribution in [-0.4, -0.2) is 39.5 Å². The lowest BCUT2D eigenvalue weighted by molar-refractivity contribution is -0.00418. The van der Waals surface area contributed by atoms with Gasteiger partial charge in [0.15, 0.2) is 23.0 Å². The third kappa shape index (κ3) is 2.41. The Morgan fingerprint density at radius 1 is 1.14 bits per heavy atom. The van der Waals surface area contributed by atoms with Crippen LogP contribution in [0.3, 0.4) is 0 Å². The molecule has 6 nitrogen and oxygen atoms in total. The van der Waals surface area contributed by atoms with E-state index < -0.39 is 0 Å². The van der Waals surface area contributed by atoms with Crippen LogP contribution in [0.2, 0.25) is 0 Å². The molecule has 0 spiro atoms. The van der Waals surface area contributed by atoms with Crippen molar-refractivity contribution >= 4 is 0 Å². The topological polar surface area (TPSA) is 49.4 Å². The molecule has 2 aromatic carbocycles. The number of ether oxygens (including phenoxy) is 5. The van der Waals surface area contributed by atoms with Gasteiger partial charge in [0.25, 0.3) is 0 Å². The van der Waals surface area contributed by atoms with Gasteiger partial charge in [-0.2, -0.15) is 0 Å². The average molecular weight is 383 g/mol. The summed E-state index contributed by atoms with van der Waals surface area (Å²) >= 11 is 0. The summed E-state index contributed by atoms with van der Waals surface area (Å²) in [4.78, 5) is 2.38. The molecule has 0 aromatic heterocycles. The van der Waals surface area contributed by atoms with E-state index in [0.29, 0.717) is 13.4 Å². The van der Waals surface area contributed by atoms with E-state index in [0.717, 1.165) is 47.1 Å². The predicted octanol–water partition coefficient (Wildman–Crippen LogP) is 3.54. The molecule has 5 rings (SSSR count). The van der Waals surface area contributed by atoms with Gasteiger partial charge >= 0.3 is 0 Å². The molecule has 2 atom stereocenters. The quantitative estimate of drug-likeness (QED) is 0.808. The summed E-state index contributed by atoms with van der Waals surface area (Å²) in [6.07, 6.45) is 0.920. The lowest BCUT2D eigenvalue weighted by Crippen LogP contribution is -2.36. The van der Waals surface area contributed by atoms with Gasteiger partial charge in [0.05, 0.1) is 26.9 Å². The number of hydrogen-bond donors (Lipinski definition) is 0.